The highest BCUT2D eigenvalue weighted by molar-refractivity contribution is 8.02. The second-order valence-corrected chi connectivity index (χ2v) is 9.23. The van der Waals surface area contributed by atoms with E-state index in [9.17, 15) is 14.7 Å². The maximum absolute atomic E-state index is 12.8. The Kier molecular flexibility index (Phi) is 12.2. The normalized spacial score (nSPS) is 11.4. The number of methoxy groups -OCH3 is 1. The van der Waals surface area contributed by atoms with Gasteiger partial charge < -0.3 is 29.5 Å². The second kappa shape index (κ2) is 15.1. The zero-order chi connectivity index (χ0) is 26.5. The number of anilines is 1. The van der Waals surface area contributed by atoms with Gasteiger partial charge in [0.25, 0.3) is 5.91 Å². The van der Waals surface area contributed by atoms with Crippen molar-refractivity contribution >= 4 is 40.2 Å². The molecule has 0 fully saturated rings. The standard InChI is InChI=1S/C25H34N2O8S/c1-16(2)14-34-25(30)27-20-8-5-7-18-22(20)21(33-11-12-36-15-17(3)35-31)13-19(23(18)28)24(29)26-9-6-10-32-4/h5,7-8,13,15-16,28,31H,6,9-12,14H2,1-4H3,(H,26,29)(H,27,30)/b17-15+. The number of benzene rings is 2. The summed E-state index contributed by atoms with van der Waals surface area (Å²) in [4.78, 5) is 29.3. The van der Waals surface area contributed by atoms with Gasteiger partial charge in [0, 0.05) is 36.8 Å². The maximum atomic E-state index is 12.8. The third kappa shape index (κ3) is 8.81. The Morgan fingerprint density at radius 1 is 1.22 bits per heavy atom. The summed E-state index contributed by atoms with van der Waals surface area (Å²) in [6.07, 6.45) is -0.0180. The van der Waals surface area contributed by atoms with Gasteiger partial charge in [0.15, 0.2) is 0 Å². The number of carbonyl (C=O) groups excluding carboxylic acids is 2. The van der Waals surface area contributed by atoms with Crippen LogP contribution in [0.15, 0.2) is 35.4 Å². The van der Waals surface area contributed by atoms with Crippen LogP contribution in [0.3, 0.4) is 0 Å². The van der Waals surface area contributed by atoms with Crippen molar-refractivity contribution in [2.24, 2.45) is 5.92 Å². The molecule has 0 heterocycles. The molecular weight excluding hydrogens is 488 g/mol. The van der Waals surface area contributed by atoms with Gasteiger partial charge in [0.05, 0.1) is 29.9 Å². The van der Waals surface area contributed by atoms with Crippen LogP contribution in [0, 0.1) is 5.92 Å². The largest absolute Gasteiger partial charge is 0.506 e. The molecule has 198 valence electrons. The Balaban J connectivity index is 2.38. The fourth-order valence-corrected chi connectivity index (χ4v) is 3.70. The van der Waals surface area contributed by atoms with Crippen molar-refractivity contribution in [1.29, 1.82) is 0 Å². The zero-order valence-corrected chi connectivity index (χ0v) is 21.8. The average Bonchev–Trinajstić information content (AvgIpc) is 2.86. The Morgan fingerprint density at radius 2 is 2.00 bits per heavy atom. The number of amides is 2. The van der Waals surface area contributed by atoms with E-state index >= 15 is 0 Å². The minimum absolute atomic E-state index is 0.0477. The Bertz CT molecular complexity index is 1060. The fourth-order valence-electron chi connectivity index (χ4n) is 3.12. The van der Waals surface area contributed by atoms with Crippen LogP contribution < -0.4 is 15.4 Å². The van der Waals surface area contributed by atoms with Gasteiger partial charge in [-0.15, -0.1) is 11.8 Å². The van der Waals surface area contributed by atoms with E-state index in [0.717, 1.165) is 0 Å². The quantitative estimate of drug-likeness (QED) is 0.117. The third-order valence-electron chi connectivity index (χ3n) is 4.79. The number of allylic oxidation sites excluding steroid dienone is 1. The molecule has 4 N–H and O–H groups in total. The third-order valence-corrected chi connectivity index (χ3v) is 5.69. The van der Waals surface area contributed by atoms with Crippen LogP contribution in [-0.4, -0.2) is 61.6 Å². The molecule has 2 amide bonds. The lowest BCUT2D eigenvalue weighted by molar-refractivity contribution is -0.202. The molecule has 0 unspecified atom stereocenters. The predicted molar refractivity (Wildman–Crippen MR) is 140 cm³/mol. The van der Waals surface area contributed by atoms with Gasteiger partial charge in [0.1, 0.15) is 17.3 Å². The molecule has 11 heteroatoms. The molecule has 2 rings (SSSR count). The number of nitrogens with one attached hydrogen (secondary N) is 2. The first-order valence-corrected chi connectivity index (χ1v) is 12.6. The van der Waals surface area contributed by atoms with E-state index < -0.39 is 12.0 Å². The summed E-state index contributed by atoms with van der Waals surface area (Å²) in [6, 6.07) is 6.41. The lowest BCUT2D eigenvalue weighted by Crippen LogP contribution is -2.25. The number of fused-ring (bicyclic) bond motifs is 1. The lowest BCUT2D eigenvalue weighted by Gasteiger charge is -2.17. The molecule has 0 aliphatic rings. The minimum Gasteiger partial charge on any atom is -0.506 e. The van der Waals surface area contributed by atoms with E-state index in [0.29, 0.717) is 53.3 Å². The Hall–Kier alpha value is -3.15. The summed E-state index contributed by atoms with van der Waals surface area (Å²) in [7, 11) is 1.58. The molecular formula is C25H34N2O8S. The molecule has 0 spiro atoms. The molecule has 0 saturated carbocycles. The van der Waals surface area contributed by atoms with Crippen LogP contribution >= 0.6 is 11.8 Å². The van der Waals surface area contributed by atoms with E-state index in [1.165, 1.54) is 17.8 Å². The monoisotopic (exact) mass is 522 g/mol. The molecule has 0 atom stereocenters. The lowest BCUT2D eigenvalue weighted by atomic mass is 10.0. The van der Waals surface area contributed by atoms with Gasteiger partial charge >= 0.3 is 6.09 Å². The second-order valence-electron chi connectivity index (χ2n) is 8.26. The molecule has 0 aliphatic heterocycles. The molecule has 2 aromatic carbocycles. The molecule has 36 heavy (non-hydrogen) atoms. The van der Waals surface area contributed by atoms with Crippen molar-refractivity contribution < 1.29 is 39.1 Å². The van der Waals surface area contributed by atoms with Crippen LogP contribution in [0.25, 0.3) is 10.8 Å². The number of ether oxygens (including phenoxy) is 3. The first kappa shape index (κ1) is 29.1. The summed E-state index contributed by atoms with van der Waals surface area (Å²) in [5, 5.41) is 27.5. The average molecular weight is 523 g/mol. The van der Waals surface area contributed by atoms with E-state index in [-0.39, 0.29) is 30.4 Å². The summed E-state index contributed by atoms with van der Waals surface area (Å²) < 4.78 is 16.2. The van der Waals surface area contributed by atoms with Crippen LogP contribution in [-0.2, 0) is 14.4 Å². The van der Waals surface area contributed by atoms with E-state index in [4.69, 9.17) is 19.5 Å². The highest BCUT2D eigenvalue weighted by Crippen LogP contribution is 2.40. The van der Waals surface area contributed by atoms with Crippen molar-refractivity contribution in [3.05, 3.63) is 41.0 Å². The maximum Gasteiger partial charge on any atom is 0.411 e. The van der Waals surface area contributed by atoms with Crippen molar-refractivity contribution in [3.8, 4) is 11.5 Å². The van der Waals surface area contributed by atoms with Crippen molar-refractivity contribution in [3.63, 3.8) is 0 Å². The fraction of sp³-hybridized carbons (Fsp3) is 0.440. The van der Waals surface area contributed by atoms with Crippen molar-refractivity contribution in [2.45, 2.75) is 27.2 Å². The van der Waals surface area contributed by atoms with Gasteiger partial charge in [-0.25, -0.2) is 10.1 Å². The Labute approximate surface area is 214 Å². The van der Waals surface area contributed by atoms with Gasteiger partial charge in [-0.05, 0) is 31.4 Å². The molecule has 0 aromatic heterocycles. The number of phenolic OH excluding ortho intramolecular Hbond substituents is 1. The number of thioether (sulfide) groups is 1. The molecule has 0 radical (unpaired) electrons. The molecule has 0 bridgehead atoms. The summed E-state index contributed by atoms with van der Waals surface area (Å²) in [5.41, 5.74) is 0.419. The van der Waals surface area contributed by atoms with Crippen molar-refractivity contribution in [2.75, 3.05) is 44.5 Å². The summed E-state index contributed by atoms with van der Waals surface area (Å²) in [5.74, 6) is 0.640. The van der Waals surface area contributed by atoms with E-state index in [1.807, 2.05) is 13.8 Å². The number of aromatic hydroxyl groups is 1. The number of hydrogen-bond donors (Lipinski definition) is 4. The number of hydrogen-bond acceptors (Lipinski definition) is 9. The van der Waals surface area contributed by atoms with Gasteiger partial charge in [-0.1, -0.05) is 26.0 Å². The zero-order valence-electron chi connectivity index (χ0n) is 21.0. The predicted octanol–water partition coefficient (Wildman–Crippen LogP) is 4.98. The number of rotatable bonds is 14. The topological polar surface area (TPSA) is 136 Å². The van der Waals surface area contributed by atoms with E-state index in [1.54, 1.807) is 37.6 Å². The van der Waals surface area contributed by atoms with Gasteiger partial charge in [-0.2, -0.15) is 0 Å². The van der Waals surface area contributed by atoms with Crippen LogP contribution in [0.1, 0.15) is 37.6 Å². The Morgan fingerprint density at radius 3 is 2.69 bits per heavy atom. The van der Waals surface area contributed by atoms with Crippen LogP contribution in [0.2, 0.25) is 0 Å². The van der Waals surface area contributed by atoms with Gasteiger partial charge in [0.2, 0.25) is 0 Å². The SMILES string of the molecule is COCCCNC(=O)c1cc(OCCS/C=C(\C)OO)c2c(NC(=O)OCC(C)C)cccc2c1O. The van der Waals surface area contributed by atoms with E-state index in [2.05, 4.69) is 15.5 Å². The van der Waals surface area contributed by atoms with Crippen LogP contribution in [0.4, 0.5) is 10.5 Å². The highest BCUT2D eigenvalue weighted by Gasteiger charge is 2.21. The molecule has 2 aromatic rings. The number of carbonyl (C=O) groups is 2. The number of phenols is 1. The smallest absolute Gasteiger partial charge is 0.411 e. The van der Waals surface area contributed by atoms with Gasteiger partial charge in [-0.3, -0.25) is 10.1 Å². The van der Waals surface area contributed by atoms with Crippen LogP contribution in [0.5, 0.6) is 11.5 Å². The van der Waals surface area contributed by atoms with Crippen molar-refractivity contribution in [1.82, 2.24) is 5.32 Å². The molecule has 0 saturated heterocycles. The summed E-state index contributed by atoms with van der Waals surface area (Å²) in [6.45, 7) is 6.82. The molecule has 0 aliphatic carbocycles. The summed E-state index contributed by atoms with van der Waals surface area (Å²) >= 11 is 1.36. The first-order valence-electron chi connectivity index (χ1n) is 11.5. The first-order chi connectivity index (χ1) is 17.3. The highest BCUT2D eigenvalue weighted by atomic mass is 32.2. The minimum atomic E-state index is -0.637. The molecule has 10 nitrogen and oxygen atoms in total.